The van der Waals surface area contributed by atoms with E-state index >= 15 is 0 Å². The third kappa shape index (κ3) is 7.37. The van der Waals surface area contributed by atoms with Crippen LogP contribution in [-0.4, -0.2) is 31.7 Å². The smallest absolute Gasteiger partial charge is 0.309 e. The molecule has 0 atom stereocenters. The van der Waals surface area contributed by atoms with Crippen LogP contribution in [0.1, 0.15) is 13.3 Å². The van der Waals surface area contributed by atoms with Gasteiger partial charge in [0.1, 0.15) is 11.5 Å². The average molecular weight is 412 g/mol. The number of amides is 1. The van der Waals surface area contributed by atoms with Gasteiger partial charge in [-0.1, -0.05) is 23.2 Å². The predicted molar refractivity (Wildman–Crippen MR) is 104 cm³/mol. The number of nitrogens with one attached hydrogen (secondary N) is 1. The highest BCUT2D eigenvalue weighted by atomic mass is 35.5. The Morgan fingerprint density at radius 1 is 1.00 bits per heavy atom. The van der Waals surface area contributed by atoms with Crippen molar-refractivity contribution in [2.45, 2.75) is 13.3 Å². The second-order valence-corrected chi connectivity index (χ2v) is 6.18. The number of hydrogen-bond acceptors (Lipinski definition) is 5. The zero-order valence-corrected chi connectivity index (χ0v) is 16.2. The number of anilines is 1. The van der Waals surface area contributed by atoms with Gasteiger partial charge in [0, 0.05) is 5.02 Å². The Morgan fingerprint density at radius 3 is 2.30 bits per heavy atom. The number of carbonyl (C=O) groups excluding carboxylic acids is 2. The third-order valence-electron chi connectivity index (χ3n) is 3.28. The van der Waals surface area contributed by atoms with E-state index in [0.717, 1.165) is 5.75 Å². The number of halogens is 2. The maximum atomic E-state index is 11.8. The molecule has 0 aromatic heterocycles. The molecule has 2 aromatic carbocycles. The molecule has 144 valence electrons. The van der Waals surface area contributed by atoms with Crippen molar-refractivity contribution >= 4 is 40.8 Å². The van der Waals surface area contributed by atoms with Gasteiger partial charge in [-0.05, 0) is 49.4 Å². The number of hydrogen-bond donors (Lipinski definition) is 1. The highest BCUT2D eigenvalue weighted by Gasteiger charge is 2.10. The van der Waals surface area contributed by atoms with Crippen LogP contribution in [-0.2, 0) is 14.3 Å². The summed E-state index contributed by atoms with van der Waals surface area (Å²) in [5.74, 6) is 0.315. The SMILES string of the molecule is CCOc1ccc(OCCC(=O)OCC(=O)Nc2ccc(Cl)cc2Cl)cc1. The van der Waals surface area contributed by atoms with Gasteiger partial charge < -0.3 is 19.5 Å². The van der Waals surface area contributed by atoms with E-state index in [1.807, 2.05) is 6.92 Å². The molecule has 0 aliphatic rings. The van der Waals surface area contributed by atoms with Crippen molar-refractivity contribution in [3.05, 3.63) is 52.5 Å². The second kappa shape index (κ2) is 10.6. The molecule has 0 aliphatic carbocycles. The first kappa shape index (κ1) is 20.9. The summed E-state index contributed by atoms with van der Waals surface area (Å²) in [6, 6.07) is 11.7. The Balaban J connectivity index is 1.67. The fourth-order valence-corrected chi connectivity index (χ4v) is 2.50. The summed E-state index contributed by atoms with van der Waals surface area (Å²) in [5, 5.41) is 3.29. The second-order valence-electron chi connectivity index (χ2n) is 5.34. The molecular formula is C19H19Cl2NO5. The Bertz CT molecular complexity index is 780. The first-order chi connectivity index (χ1) is 13.0. The molecule has 0 radical (unpaired) electrons. The fraction of sp³-hybridized carbons (Fsp3) is 0.263. The Kier molecular flexibility index (Phi) is 8.23. The first-order valence-corrected chi connectivity index (χ1v) is 8.99. The lowest BCUT2D eigenvalue weighted by atomic mass is 10.3. The van der Waals surface area contributed by atoms with Crippen LogP contribution in [0.15, 0.2) is 42.5 Å². The lowest BCUT2D eigenvalue weighted by Crippen LogP contribution is -2.21. The molecule has 8 heteroatoms. The number of carbonyl (C=O) groups is 2. The molecule has 0 fully saturated rings. The van der Waals surface area contributed by atoms with Crippen LogP contribution in [0.2, 0.25) is 10.0 Å². The largest absolute Gasteiger partial charge is 0.494 e. The lowest BCUT2D eigenvalue weighted by Gasteiger charge is -2.09. The molecule has 0 saturated carbocycles. The van der Waals surface area contributed by atoms with E-state index in [9.17, 15) is 9.59 Å². The Hall–Kier alpha value is -2.44. The van der Waals surface area contributed by atoms with Crippen molar-refractivity contribution in [2.24, 2.45) is 0 Å². The molecule has 2 aromatic rings. The molecule has 2 rings (SSSR count). The van der Waals surface area contributed by atoms with Crippen molar-refractivity contribution in [1.29, 1.82) is 0 Å². The molecule has 1 amide bonds. The summed E-state index contributed by atoms with van der Waals surface area (Å²) in [4.78, 5) is 23.5. The number of ether oxygens (including phenoxy) is 3. The molecule has 6 nitrogen and oxygen atoms in total. The average Bonchev–Trinajstić information content (AvgIpc) is 2.64. The zero-order chi connectivity index (χ0) is 19.6. The summed E-state index contributed by atoms with van der Waals surface area (Å²) >= 11 is 11.7. The summed E-state index contributed by atoms with van der Waals surface area (Å²) in [6.07, 6.45) is 0.0161. The fourth-order valence-electron chi connectivity index (χ4n) is 2.05. The van der Waals surface area contributed by atoms with Crippen LogP contribution >= 0.6 is 23.2 Å². The van der Waals surface area contributed by atoms with Gasteiger partial charge in [0.25, 0.3) is 5.91 Å². The molecule has 0 unspecified atom stereocenters. The summed E-state index contributed by atoms with van der Waals surface area (Å²) in [6.45, 7) is 2.21. The summed E-state index contributed by atoms with van der Waals surface area (Å²) in [7, 11) is 0. The van der Waals surface area contributed by atoms with E-state index < -0.39 is 18.5 Å². The highest BCUT2D eigenvalue weighted by molar-refractivity contribution is 6.36. The minimum Gasteiger partial charge on any atom is -0.494 e. The van der Waals surface area contributed by atoms with Crippen molar-refractivity contribution in [2.75, 3.05) is 25.1 Å². The predicted octanol–water partition coefficient (Wildman–Crippen LogP) is 4.34. The monoisotopic (exact) mass is 411 g/mol. The quantitative estimate of drug-likeness (QED) is 0.621. The van der Waals surface area contributed by atoms with Crippen LogP contribution in [0.5, 0.6) is 11.5 Å². The van der Waals surface area contributed by atoms with Gasteiger partial charge in [0.15, 0.2) is 6.61 Å². The van der Waals surface area contributed by atoms with Crippen LogP contribution in [0.3, 0.4) is 0 Å². The topological polar surface area (TPSA) is 73.9 Å². The highest BCUT2D eigenvalue weighted by Crippen LogP contribution is 2.25. The molecule has 0 saturated heterocycles. The standard InChI is InChI=1S/C19H19Cl2NO5/c1-2-25-14-4-6-15(7-5-14)26-10-9-19(24)27-12-18(23)22-17-8-3-13(20)11-16(17)21/h3-8,11H,2,9-10,12H2,1H3,(H,22,23). The van der Waals surface area contributed by atoms with E-state index in [-0.39, 0.29) is 13.0 Å². The minimum absolute atomic E-state index is 0.0161. The summed E-state index contributed by atoms with van der Waals surface area (Å²) < 4.78 is 15.7. The Morgan fingerprint density at radius 2 is 1.67 bits per heavy atom. The van der Waals surface area contributed by atoms with Gasteiger partial charge in [-0.3, -0.25) is 9.59 Å². The van der Waals surface area contributed by atoms with Gasteiger partial charge >= 0.3 is 5.97 Å². The van der Waals surface area contributed by atoms with Crippen LogP contribution in [0, 0.1) is 0 Å². The van der Waals surface area contributed by atoms with Crippen molar-refractivity contribution < 1.29 is 23.8 Å². The van der Waals surface area contributed by atoms with Gasteiger partial charge in [0.05, 0.1) is 30.3 Å². The van der Waals surface area contributed by atoms with Gasteiger partial charge in [0.2, 0.25) is 0 Å². The van der Waals surface area contributed by atoms with E-state index in [2.05, 4.69) is 5.32 Å². The number of esters is 1. The van der Waals surface area contributed by atoms with Crippen LogP contribution in [0.25, 0.3) is 0 Å². The van der Waals surface area contributed by atoms with Gasteiger partial charge in [-0.15, -0.1) is 0 Å². The van der Waals surface area contributed by atoms with Gasteiger partial charge in [-0.25, -0.2) is 0 Å². The maximum Gasteiger partial charge on any atom is 0.309 e. The number of benzene rings is 2. The van der Waals surface area contributed by atoms with Crippen molar-refractivity contribution in [1.82, 2.24) is 0 Å². The maximum absolute atomic E-state index is 11.8. The molecule has 0 heterocycles. The van der Waals surface area contributed by atoms with E-state index in [4.69, 9.17) is 37.4 Å². The van der Waals surface area contributed by atoms with Crippen molar-refractivity contribution in [3.63, 3.8) is 0 Å². The van der Waals surface area contributed by atoms with E-state index in [0.29, 0.717) is 28.1 Å². The molecular weight excluding hydrogens is 393 g/mol. The first-order valence-electron chi connectivity index (χ1n) is 8.24. The Labute approximate surface area is 167 Å². The number of rotatable bonds is 9. The third-order valence-corrected chi connectivity index (χ3v) is 3.83. The lowest BCUT2D eigenvalue weighted by molar-refractivity contribution is -0.147. The summed E-state index contributed by atoms with van der Waals surface area (Å²) in [5.41, 5.74) is 0.390. The van der Waals surface area contributed by atoms with E-state index in [1.54, 1.807) is 36.4 Å². The molecule has 27 heavy (non-hydrogen) atoms. The molecule has 1 N–H and O–H groups in total. The normalized spacial score (nSPS) is 10.2. The zero-order valence-electron chi connectivity index (χ0n) is 14.7. The molecule has 0 bridgehead atoms. The van der Waals surface area contributed by atoms with Crippen LogP contribution < -0.4 is 14.8 Å². The molecule has 0 aliphatic heterocycles. The minimum atomic E-state index is -0.543. The van der Waals surface area contributed by atoms with Gasteiger partial charge in [-0.2, -0.15) is 0 Å². The van der Waals surface area contributed by atoms with Crippen LogP contribution in [0.4, 0.5) is 5.69 Å². The molecule has 0 spiro atoms. The van der Waals surface area contributed by atoms with Crippen molar-refractivity contribution in [3.8, 4) is 11.5 Å². The van der Waals surface area contributed by atoms with E-state index in [1.165, 1.54) is 6.07 Å².